The quantitative estimate of drug-likeness (QED) is 0.366. The predicted molar refractivity (Wildman–Crippen MR) is 119 cm³/mol. The molecule has 158 valence electrons. The third-order valence-corrected chi connectivity index (χ3v) is 5.78. The zero-order valence-corrected chi connectivity index (χ0v) is 18.3. The van der Waals surface area contributed by atoms with Crippen molar-refractivity contribution in [1.29, 1.82) is 0 Å². The van der Waals surface area contributed by atoms with Gasteiger partial charge in [0.05, 0.1) is 18.7 Å². The molecule has 1 saturated carbocycles. The first kappa shape index (κ1) is 19.7. The molecule has 1 atom stereocenters. The molecule has 9 nitrogen and oxygen atoms in total. The number of benzene rings is 1. The van der Waals surface area contributed by atoms with Gasteiger partial charge in [0.2, 0.25) is 17.8 Å². The highest BCUT2D eigenvalue weighted by atomic mass is 79.9. The first-order valence-corrected chi connectivity index (χ1v) is 10.8. The standard InChI is InChI=1S/C21H20BrN7O2/c1-11(12-2-4-15(22)5-3-12)24-20-27-18-14(8-13-9-17(30)26-19(13)31)10-23-29(18)21(28-20)25-16-6-7-16/h2-5,8,10-11,16H,6-7,9H2,1H3,(H,26,30,31)(H2,24,25,27,28)/b13-8+/t11-/m0/s1. The number of nitrogens with one attached hydrogen (secondary N) is 3. The summed E-state index contributed by atoms with van der Waals surface area (Å²) in [4.78, 5) is 32.8. The Kier molecular flexibility index (Phi) is 4.93. The molecule has 2 fully saturated rings. The Morgan fingerprint density at radius 3 is 2.68 bits per heavy atom. The van der Waals surface area contributed by atoms with E-state index in [4.69, 9.17) is 0 Å². The van der Waals surface area contributed by atoms with E-state index in [2.05, 4.69) is 46.9 Å². The number of carbonyl (C=O) groups is 2. The van der Waals surface area contributed by atoms with E-state index in [1.807, 2.05) is 31.2 Å². The highest BCUT2D eigenvalue weighted by Gasteiger charge is 2.26. The van der Waals surface area contributed by atoms with Gasteiger partial charge in [-0.05, 0) is 43.5 Å². The summed E-state index contributed by atoms with van der Waals surface area (Å²) in [6.07, 6.45) is 5.53. The molecule has 2 aromatic heterocycles. The summed E-state index contributed by atoms with van der Waals surface area (Å²) in [5.74, 6) is 0.369. The Bertz CT molecular complexity index is 1210. The fourth-order valence-corrected chi connectivity index (χ4v) is 3.67. The van der Waals surface area contributed by atoms with Gasteiger partial charge in [-0.2, -0.15) is 19.6 Å². The minimum atomic E-state index is -0.378. The zero-order chi connectivity index (χ0) is 21.5. The molecule has 0 spiro atoms. The van der Waals surface area contributed by atoms with Crippen molar-refractivity contribution in [3.05, 3.63) is 51.6 Å². The smallest absolute Gasteiger partial charge is 0.254 e. The van der Waals surface area contributed by atoms with Gasteiger partial charge in [-0.1, -0.05) is 28.1 Å². The molecule has 3 N–H and O–H groups in total. The summed E-state index contributed by atoms with van der Waals surface area (Å²) in [6.45, 7) is 2.04. The number of carbonyl (C=O) groups excluding carboxylic acids is 2. The van der Waals surface area contributed by atoms with Gasteiger partial charge in [-0.3, -0.25) is 14.9 Å². The van der Waals surface area contributed by atoms with Gasteiger partial charge in [0.25, 0.3) is 5.91 Å². The Balaban J connectivity index is 1.52. The van der Waals surface area contributed by atoms with E-state index in [1.54, 1.807) is 16.8 Å². The number of fused-ring (bicyclic) bond motifs is 1. The maximum Gasteiger partial charge on any atom is 0.254 e. The molecule has 2 amide bonds. The van der Waals surface area contributed by atoms with Crippen molar-refractivity contribution >= 4 is 51.4 Å². The van der Waals surface area contributed by atoms with E-state index in [1.165, 1.54) is 0 Å². The van der Waals surface area contributed by atoms with Crippen LogP contribution in [0, 0.1) is 0 Å². The molecule has 1 aliphatic carbocycles. The van der Waals surface area contributed by atoms with Crippen LogP contribution in [0.25, 0.3) is 11.7 Å². The topological polar surface area (TPSA) is 113 Å². The van der Waals surface area contributed by atoms with E-state index in [0.717, 1.165) is 22.9 Å². The zero-order valence-electron chi connectivity index (χ0n) is 16.7. The van der Waals surface area contributed by atoms with Crippen LogP contribution in [0.15, 0.2) is 40.5 Å². The number of imide groups is 1. The Morgan fingerprint density at radius 1 is 1.23 bits per heavy atom. The molecule has 10 heteroatoms. The highest BCUT2D eigenvalue weighted by Crippen LogP contribution is 2.27. The van der Waals surface area contributed by atoms with Crippen molar-refractivity contribution in [1.82, 2.24) is 24.9 Å². The lowest BCUT2D eigenvalue weighted by Gasteiger charge is -2.16. The van der Waals surface area contributed by atoms with Crippen LogP contribution in [-0.4, -0.2) is 37.4 Å². The second-order valence-corrected chi connectivity index (χ2v) is 8.68. The molecule has 1 aromatic carbocycles. The minimum absolute atomic E-state index is 0.0210. The van der Waals surface area contributed by atoms with E-state index in [9.17, 15) is 9.59 Å². The van der Waals surface area contributed by atoms with Gasteiger partial charge in [0.1, 0.15) is 0 Å². The van der Waals surface area contributed by atoms with Crippen LogP contribution in [0.4, 0.5) is 11.9 Å². The fourth-order valence-electron chi connectivity index (χ4n) is 3.40. The van der Waals surface area contributed by atoms with Crippen molar-refractivity contribution in [2.75, 3.05) is 10.6 Å². The van der Waals surface area contributed by atoms with Gasteiger partial charge in [-0.25, -0.2) is 0 Å². The summed E-state index contributed by atoms with van der Waals surface area (Å²) in [7, 11) is 0. The van der Waals surface area contributed by atoms with Crippen molar-refractivity contribution in [3.63, 3.8) is 0 Å². The molecule has 0 radical (unpaired) electrons. The minimum Gasteiger partial charge on any atom is -0.351 e. The van der Waals surface area contributed by atoms with Crippen LogP contribution < -0.4 is 16.0 Å². The second kappa shape index (κ2) is 7.77. The number of amides is 2. The number of rotatable bonds is 6. The summed E-state index contributed by atoms with van der Waals surface area (Å²) in [6, 6.07) is 8.41. The van der Waals surface area contributed by atoms with Crippen LogP contribution >= 0.6 is 15.9 Å². The molecule has 31 heavy (non-hydrogen) atoms. The van der Waals surface area contributed by atoms with Crippen LogP contribution in [-0.2, 0) is 9.59 Å². The van der Waals surface area contributed by atoms with Crippen LogP contribution in [0.5, 0.6) is 0 Å². The molecule has 0 unspecified atom stereocenters. The normalized spacial score (nSPS) is 18.5. The molecular formula is C21H20BrN7O2. The summed E-state index contributed by atoms with van der Waals surface area (Å²) in [5.41, 5.74) is 2.71. The number of nitrogens with zero attached hydrogens (tertiary/aromatic N) is 4. The van der Waals surface area contributed by atoms with Gasteiger partial charge in [-0.15, -0.1) is 0 Å². The number of aromatic nitrogens is 4. The third kappa shape index (κ3) is 4.15. The lowest BCUT2D eigenvalue weighted by molar-refractivity contribution is -0.124. The molecular weight excluding hydrogens is 462 g/mol. The van der Waals surface area contributed by atoms with Crippen molar-refractivity contribution in [2.45, 2.75) is 38.3 Å². The van der Waals surface area contributed by atoms with Crippen LogP contribution in [0.2, 0.25) is 0 Å². The number of hydrogen-bond acceptors (Lipinski definition) is 7. The Hall–Kier alpha value is -3.27. The van der Waals surface area contributed by atoms with E-state index < -0.39 is 0 Å². The SMILES string of the molecule is C[C@H](Nc1nc(NC2CC2)n2ncc(/C=C3\CC(=O)NC3=O)c2n1)c1ccc(Br)cc1. The lowest BCUT2D eigenvalue weighted by Crippen LogP contribution is -2.19. The van der Waals surface area contributed by atoms with Crippen molar-refractivity contribution < 1.29 is 9.59 Å². The highest BCUT2D eigenvalue weighted by molar-refractivity contribution is 9.10. The average Bonchev–Trinajstić information content (AvgIpc) is 3.37. The van der Waals surface area contributed by atoms with Gasteiger partial charge >= 0.3 is 0 Å². The first-order valence-electron chi connectivity index (χ1n) is 10.1. The number of anilines is 2. The number of hydrogen-bond donors (Lipinski definition) is 3. The maximum atomic E-state index is 12.0. The van der Waals surface area contributed by atoms with Crippen LogP contribution in [0.1, 0.15) is 43.4 Å². The van der Waals surface area contributed by atoms with E-state index in [0.29, 0.717) is 34.7 Å². The molecule has 2 aliphatic rings. The van der Waals surface area contributed by atoms with Crippen molar-refractivity contribution in [3.8, 4) is 0 Å². The van der Waals surface area contributed by atoms with Gasteiger partial charge < -0.3 is 10.6 Å². The summed E-state index contributed by atoms with van der Waals surface area (Å²) >= 11 is 3.46. The summed E-state index contributed by atoms with van der Waals surface area (Å²) in [5, 5.41) is 13.5. The second-order valence-electron chi connectivity index (χ2n) is 7.77. The summed E-state index contributed by atoms with van der Waals surface area (Å²) < 4.78 is 2.65. The van der Waals surface area contributed by atoms with E-state index >= 15 is 0 Å². The molecule has 3 heterocycles. The van der Waals surface area contributed by atoms with Crippen LogP contribution in [0.3, 0.4) is 0 Å². The van der Waals surface area contributed by atoms with Gasteiger partial charge in [0, 0.05) is 21.7 Å². The Morgan fingerprint density at radius 2 is 2.00 bits per heavy atom. The monoisotopic (exact) mass is 481 g/mol. The molecule has 0 bridgehead atoms. The maximum absolute atomic E-state index is 12.0. The Labute approximate surface area is 186 Å². The van der Waals surface area contributed by atoms with Crippen molar-refractivity contribution in [2.24, 2.45) is 0 Å². The molecule has 3 aromatic rings. The lowest BCUT2D eigenvalue weighted by atomic mass is 10.1. The molecule has 5 rings (SSSR count). The van der Waals surface area contributed by atoms with E-state index in [-0.39, 0.29) is 24.3 Å². The fraction of sp³-hybridized carbons (Fsp3) is 0.286. The predicted octanol–water partition coefficient (Wildman–Crippen LogP) is 3.06. The number of halogens is 1. The average molecular weight is 482 g/mol. The molecule has 1 aliphatic heterocycles. The first-order chi connectivity index (χ1) is 15.0. The largest absolute Gasteiger partial charge is 0.351 e. The molecule has 1 saturated heterocycles. The third-order valence-electron chi connectivity index (χ3n) is 5.25. The van der Waals surface area contributed by atoms with Gasteiger partial charge in [0.15, 0.2) is 5.65 Å².